The minimum absolute atomic E-state index is 0. The van der Waals surface area contributed by atoms with Crippen molar-refractivity contribution in [2.24, 2.45) is 0 Å². The molecule has 1 amide bonds. The SMILES string of the molecule is CCCCCCCCCCCCCC(=O)N[C@@H](Cc1ccccc1)C(=O)O.[Zn]. The monoisotopic (exact) mass is 439 g/mol. The van der Waals surface area contributed by atoms with Crippen LogP contribution in [0.15, 0.2) is 30.3 Å². The number of unbranched alkanes of at least 4 members (excludes halogenated alkanes) is 10. The van der Waals surface area contributed by atoms with Gasteiger partial charge in [-0.05, 0) is 12.0 Å². The summed E-state index contributed by atoms with van der Waals surface area (Å²) < 4.78 is 0. The molecule has 1 aromatic carbocycles. The third-order valence-corrected chi connectivity index (χ3v) is 4.92. The Morgan fingerprint density at radius 3 is 1.86 bits per heavy atom. The molecule has 0 aromatic heterocycles. The average molecular weight is 441 g/mol. The molecule has 28 heavy (non-hydrogen) atoms. The second-order valence-electron chi connectivity index (χ2n) is 7.43. The molecular formula is C23H37NO3Zn. The van der Waals surface area contributed by atoms with Crippen LogP contribution in [-0.4, -0.2) is 23.0 Å². The van der Waals surface area contributed by atoms with E-state index in [1.165, 1.54) is 51.4 Å². The zero-order valence-electron chi connectivity index (χ0n) is 17.6. The van der Waals surface area contributed by atoms with Crippen molar-refractivity contribution in [1.82, 2.24) is 5.32 Å². The molecule has 1 rings (SSSR count). The topological polar surface area (TPSA) is 66.4 Å². The van der Waals surface area contributed by atoms with E-state index in [0.29, 0.717) is 12.8 Å². The summed E-state index contributed by atoms with van der Waals surface area (Å²) >= 11 is 0. The van der Waals surface area contributed by atoms with Gasteiger partial charge in [-0.25, -0.2) is 4.79 Å². The van der Waals surface area contributed by atoms with E-state index >= 15 is 0 Å². The predicted octanol–water partition coefficient (Wildman–Crippen LogP) is 5.50. The maximum absolute atomic E-state index is 12.0. The second-order valence-corrected chi connectivity index (χ2v) is 7.43. The van der Waals surface area contributed by atoms with Gasteiger partial charge in [0.15, 0.2) is 0 Å². The third-order valence-electron chi connectivity index (χ3n) is 4.92. The van der Waals surface area contributed by atoms with Crippen LogP contribution in [0.25, 0.3) is 0 Å². The molecule has 0 spiro atoms. The summed E-state index contributed by atoms with van der Waals surface area (Å²) in [7, 11) is 0. The van der Waals surface area contributed by atoms with Crippen LogP contribution in [0.4, 0.5) is 0 Å². The molecule has 0 aliphatic carbocycles. The zero-order valence-corrected chi connectivity index (χ0v) is 20.6. The Morgan fingerprint density at radius 2 is 1.36 bits per heavy atom. The summed E-state index contributed by atoms with van der Waals surface area (Å²) in [6, 6.07) is 8.55. The first-order valence-electron chi connectivity index (χ1n) is 10.7. The molecule has 154 valence electrons. The minimum atomic E-state index is -0.980. The summed E-state index contributed by atoms with van der Waals surface area (Å²) in [5.74, 6) is -1.14. The van der Waals surface area contributed by atoms with Gasteiger partial charge in [-0.2, -0.15) is 0 Å². The molecule has 2 N–H and O–H groups in total. The van der Waals surface area contributed by atoms with Gasteiger partial charge in [-0.3, -0.25) is 4.79 Å². The van der Waals surface area contributed by atoms with Gasteiger partial charge in [-0.15, -0.1) is 0 Å². The van der Waals surface area contributed by atoms with E-state index in [0.717, 1.165) is 24.8 Å². The van der Waals surface area contributed by atoms with Crippen LogP contribution in [0.1, 0.15) is 89.5 Å². The van der Waals surface area contributed by atoms with E-state index in [4.69, 9.17) is 0 Å². The first-order chi connectivity index (χ1) is 13.1. The molecule has 0 bridgehead atoms. The van der Waals surface area contributed by atoms with E-state index in [1.54, 1.807) is 0 Å². The first kappa shape index (κ1) is 26.8. The smallest absolute Gasteiger partial charge is 0.326 e. The van der Waals surface area contributed by atoms with E-state index in [-0.39, 0.29) is 25.4 Å². The minimum Gasteiger partial charge on any atom is -0.480 e. The van der Waals surface area contributed by atoms with Crippen molar-refractivity contribution in [3.63, 3.8) is 0 Å². The summed E-state index contributed by atoms with van der Waals surface area (Å²) in [6.07, 6.45) is 14.4. The van der Waals surface area contributed by atoms with Gasteiger partial charge in [0.05, 0.1) is 0 Å². The number of amides is 1. The average Bonchev–Trinajstić information content (AvgIpc) is 2.66. The number of carbonyl (C=O) groups is 2. The zero-order chi connectivity index (χ0) is 19.7. The van der Waals surface area contributed by atoms with Gasteiger partial charge >= 0.3 is 5.97 Å². The van der Waals surface area contributed by atoms with Crippen LogP contribution < -0.4 is 5.32 Å². The fraction of sp³-hybridized carbons (Fsp3) is 0.652. The molecule has 0 saturated heterocycles. The third kappa shape index (κ3) is 13.9. The number of hydrogen-bond acceptors (Lipinski definition) is 2. The predicted molar refractivity (Wildman–Crippen MR) is 111 cm³/mol. The summed E-state index contributed by atoms with van der Waals surface area (Å²) in [4.78, 5) is 23.4. The Balaban J connectivity index is 0.00000729. The quantitative estimate of drug-likeness (QED) is 0.263. The van der Waals surface area contributed by atoms with Crippen molar-refractivity contribution >= 4 is 11.9 Å². The van der Waals surface area contributed by atoms with E-state index in [2.05, 4.69) is 12.2 Å². The largest absolute Gasteiger partial charge is 0.480 e. The van der Waals surface area contributed by atoms with Gasteiger partial charge in [0.1, 0.15) is 6.04 Å². The van der Waals surface area contributed by atoms with Gasteiger partial charge in [0.25, 0.3) is 0 Å². The van der Waals surface area contributed by atoms with Crippen molar-refractivity contribution in [3.8, 4) is 0 Å². The van der Waals surface area contributed by atoms with Crippen LogP contribution in [0.5, 0.6) is 0 Å². The number of aliphatic carboxylic acids is 1. The maximum Gasteiger partial charge on any atom is 0.326 e. The summed E-state index contributed by atoms with van der Waals surface area (Å²) in [5, 5.41) is 12.0. The van der Waals surface area contributed by atoms with Crippen LogP contribution in [-0.2, 0) is 35.5 Å². The van der Waals surface area contributed by atoms with Gasteiger partial charge in [0.2, 0.25) is 5.91 Å². The van der Waals surface area contributed by atoms with E-state index in [1.807, 2.05) is 30.3 Å². The molecule has 0 fully saturated rings. The van der Waals surface area contributed by atoms with E-state index in [9.17, 15) is 14.7 Å². The van der Waals surface area contributed by atoms with E-state index < -0.39 is 12.0 Å². The number of rotatable bonds is 16. The standard InChI is InChI=1S/C23H37NO3.Zn/c1-2-3-4-5-6-7-8-9-10-11-15-18-22(25)24-21(23(26)27)19-20-16-13-12-14-17-20;/h12-14,16-17,21H,2-11,15,18-19H2,1H3,(H,24,25)(H,26,27);/t21-;/m0./s1. The number of hydrogen-bond donors (Lipinski definition) is 2. The Morgan fingerprint density at radius 1 is 0.857 bits per heavy atom. The number of nitrogens with one attached hydrogen (secondary N) is 1. The summed E-state index contributed by atoms with van der Waals surface area (Å²) in [5.41, 5.74) is 0.917. The summed E-state index contributed by atoms with van der Waals surface area (Å²) in [6.45, 7) is 2.24. The van der Waals surface area contributed by atoms with Crippen molar-refractivity contribution in [2.75, 3.05) is 0 Å². The fourth-order valence-corrected chi connectivity index (χ4v) is 3.27. The first-order valence-corrected chi connectivity index (χ1v) is 10.7. The fourth-order valence-electron chi connectivity index (χ4n) is 3.27. The Labute approximate surface area is 183 Å². The second kappa shape index (κ2) is 17.9. The molecule has 0 aliphatic heterocycles. The number of carboxylic acids is 1. The van der Waals surface area contributed by atoms with Crippen LogP contribution >= 0.6 is 0 Å². The molecule has 1 aromatic rings. The Kier molecular flexibility index (Phi) is 17.1. The molecule has 1 atom stereocenters. The molecule has 0 unspecified atom stereocenters. The Bertz CT molecular complexity index is 522. The van der Waals surface area contributed by atoms with Gasteiger partial charge in [0, 0.05) is 32.3 Å². The number of carboxylic acid groups (broad SMARTS) is 1. The number of benzene rings is 1. The Hall–Kier alpha value is -1.22. The van der Waals surface area contributed by atoms with Crippen LogP contribution in [0, 0.1) is 0 Å². The van der Waals surface area contributed by atoms with Crippen molar-refractivity contribution in [3.05, 3.63) is 35.9 Å². The molecule has 0 radical (unpaired) electrons. The molecule has 0 saturated carbocycles. The van der Waals surface area contributed by atoms with Crippen molar-refractivity contribution in [2.45, 2.75) is 96.4 Å². The van der Waals surface area contributed by atoms with Crippen molar-refractivity contribution < 1.29 is 34.2 Å². The van der Waals surface area contributed by atoms with Gasteiger partial charge < -0.3 is 10.4 Å². The van der Waals surface area contributed by atoms with Crippen LogP contribution in [0.3, 0.4) is 0 Å². The molecule has 4 nitrogen and oxygen atoms in total. The van der Waals surface area contributed by atoms with Crippen LogP contribution in [0.2, 0.25) is 0 Å². The molecule has 0 heterocycles. The van der Waals surface area contributed by atoms with Gasteiger partial charge in [-0.1, -0.05) is 101 Å². The van der Waals surface area contributed by atoms with Crippen molar-refractivity contribution in [1.29, 1.82) is 0 Å². The maximum atomic E-state index is 12.0. The normalized spacial score (nSPS) is 11.5. The molecule has 0 aliphatic rings. The molecular weight excluding hydrogens is 404 g/mol. The molecule has 5 heteroatoms. The number of carbonyl (C=O) groups excluding carboxylic acids is 1.